The van der Waals surface area contributed by atoms with Gasteiger partial charge in [0.1, 0.15) is 0 Å². The lowest BCUT2D eigenvalue weighted by Gasteiger charge is -2.07. The summed E-state index contributed by atoms with van der Waals surface area (Å²) in [4.78, 5) is 15.9. The quantitative estimate of drug-likeness (QED) is 0.892. The number of aryl methyl sites for hydroxylation is 2. The number of carbonyl (C=O) groups excluding carboxylic acids is 1. The lowest BCUT2D eigenvalue weighted by atomic mass is 10.1. The number of aromatic nitrogens is 2. The molecule has 0 aliphatic heterocycles. The van der Waals surface area contributed by atoms with Gasteiger partial charge in [0.2, 0.25) is 0 Å². The maximum atomic E-state index is 11.9. The van der Waals surface area contributed by atoms with Crippen molar-refractivity contribution >= 4 is 5.91 Å². The Balaban J connectivity index is 1.89. The summed E-state index contributed by atoms with van der Waals surface area (Å²) in [6.45, 7) is 5.38. The Morgan fingerprint density at radius 3 is 2.83 bits per heavy atom. The van der Waals surface area contributed by atoms with Crippen LogP contribution >= 0.6 is 0 Å². The van der Waals surface area contributed by atoms with Crippen LogP contribution < -0.4 is 5.32 Å². The molecule has 0 atom stereocenters. The summed E-state index contributed by atoms with van der Waals surface area (Å²) in [5.74, 6) is -0.0294. The molecule has 0 saturated carbocycles. The summed E-state index contributed by atoms with van der Waals surface area (Å²) >= 11 is 0. The molecule has 18 heavy (non-hydrogen) atoms. The molecule has 0 aliphatic carbocycles. The number of amides is 1. The lowest BCUT2D eigenvalue weighted by Crippen LogP contribution is -2.27. The lowest BCUT2D eigenvalue weighted by molar-refractivity contribution is 0.0952. The summed E-state index contributed by atoms with van der Waals surface area (Å²) < 4.78 is 1.93. The van der Waals surface area contributed by atoms with Gasteiger partial charge in [-0.25, -0.2) is 4.98 Å². The molecule has 0 saturated heterocycles. The van der Waals surface area contributed by atoms with E-state index in [2.05, 4.69) is 10.3 Å². The largest absolute Gasteiger partial charge is 0.350 e. The number of benzene rings is 1. The third-order valence-electron chi connectivity index (χ3n) is 2.98. The molecule has 4 heteroatoms. The third kappa shape index (κ3) is 2.97. The van der Waals surface area contributed by atoms with Crippen molar-refractivity contribution < 1.29 is 4.79 Å². The maximum absolute atomic E-state index is 11.9. The van der Waals surface area contributed by atoms with Gasteiger partial charge in [0, 0.05) is 31.0 Å². The molecule has 0 spiro atoms. The van der Waals surface area contributed by atoms with Crippen LogP contribution in [0.3, 0.4) is 0 Å². The number of imidazole rings is 1. The average molecular weight is 243 g/mol. The first kappa shape index (κ1) is 12.4. The van der Waals surface area contributed by atoms with E-state index in [1.54, 1.807) is 12.5 Å². The summed E-state index contributed by atoms with van der Waals surface area (Å²) in [7, 11) is 0. The Kier molecular flexibility index (Phi) is 3.77. The number of rotatable bonds is 4. The van der Waals surface area contributed by atoms with Gasteiger partial charge in [-0.1, -0.05) is 6.07 Å². The highest BCUT2D eigenvalue weighted by atomic mass is 16.1. The smallest absolute Gasteiger partial charge is 0.251 e. The van der Waals surface area contributed by atoms with Gasteiger partial charge in [0.15, 0.2) is 0 Å². The molecule has 1 aromatic carbocycles. The first-order valence-corrected chi connectivity index (χ1v) is 5.98. The minimum atomic E-state index is -0.0294. The van der Waals surface area contributed by atoms with Crippen LogP contribution in [0, 0.1) is 13.8 Å². The Hall–Kier alpha value is -2.10. The Morgan fingerprint density at radius 2 is 2.17 bits per heavy atom. The second-order valence-electron chi connectivity index (χ2n) is 4.36. The summed E-state index contributed by atoms with van der Waals surface area (Å²) in [5, 5.41) is 2.90. The molecule has 1 aromatic heterocycles. The van der Waals surface area contributed by atoms with E-state index in [0.717, 1.165) is 12.1 Å². The van der Waals surface area contributed by atoms with Crippen molar-refractivity contribution in [1.29, 1.82) is 0 Å². The predicted molar refractivity (Wildman–Crippen MR) is 70.5 cm³/mol. The molecule has 94 valence electrons. The fraction of sp³-hybridized carbons (Fsp3) is 0.286. The zero-order valence-corrected chi connectivity index (χ0v) is 10.7. The molecule has 0 radical (unpaired) electrons. The molecular weight excluding hydrogens is 226 g/mol. The molecule has 2 aromatic rings. The van der Waals surface area contributed by atoms with Crippen molar-refractivity contribution in [1.82, 2.24) is 14.9 Å². The molecule has 1 amide bonds. The van der Waals surface area contributed by atoms with E-state index in [1.165, 1.54) is 5.56 Å². The highest BCUT2D eigenvalue weighted by molar-refractivity contribution is 5.94. The Labute approximate surface area is 107 Å². The van der Waals surface area contributed by atoms with Gasteiger partial charge in [-0.15, -0.1) is 0 Å². The minimum Gasteiger partial charge on any atom is -0.350 e. The van der Waals surface area contributed by atoms with E-state index in [9.17, 15) is 4.79 Å². The van der Waals surface area contributed by atoms with Gasteiger partial charge < -0.3 is 9.88 Å². The standard InChI is InChI=1S/C14H17N3O/c1-11-3-4-13(9-12(11)2)14(18)16-6-8-17-7-5-15-10-17/h3-5,7,9-10H,6,8H2,1-2H3,(H,16,18). The Bertz CT molecular complexity index is 532. The van der Waals surface area contributed by atoms with Crippen LogP contribution in [0.1, 0.15) is 21.5 Å². The first-order valence-electron chi connectivity index (χ1n) is 5.98. The number of nitrogens with zero attached hydrogens (tertiary/aromatic N) is 2. The molecule has 1 N–H and O–H groups in total. The first-order chi connectivity index (χ1) is 8.66. The fourth-order valence-electron chi connectivity index (χ4n) is 1.70. The molecule has 0 fully saturated rings. The van der Waals surface area contributed by atoms with Gasteiger partial charge in [0.25, 0.3) is 5.91 Å². The highest BCUT2D eigenvalue weighted by Gasteiger charge is 2.05. The van der Waals surface area contributed by atoms with Crippen LogP contribution in [-0.4, -0.2) is 22.0 Å². The van der Waals surface area contributed by atoms with Crippen molar-refractivity contribution in [2.45, 2.75) is 20.4 Å². The topological polar surface area (TPSA) is 46.9 Å². The van der Waals surface area contributed by atoms with Gasteiger partial charge in [0.05, 0.1) is 6.33 Å². The number of nitrogens with one attached hydrogen (secondary N) is 1. The minimum absolute atomic E-state index is 0.0294. The van der Waals surface area contributed by atoms with Gasteiger partial charge in [-0.3, -0.25) is 4.79 Å². The van der Waals surface area contributed by atoms with Crippen LogP contribution in [-0.2, 0) is 6.54 Å². The fourth-order valence-corrected chi connectivity index (χ4v) is 1.70. The van der Waals surface area contributed by atoms with E-state index in [1.807, 2.05) is 42.8 Å². The summed E-state index contributed by atoms with van der Waals surface area (Å²) in [5.41, 5.74) is 3.05. The van der Waals surface area contributed by atoms with Gasteiger partial charge >= 0.3 is 0 Å². The van der Waals surface area contributed by atoms with Crippen molar-refractivity contribution in [2.24, 2.45) is 0 Å². The monoisotopic (exact) mass is 243 g/mol. The van der Waals surface area contributed by atoms with Gasteiger partial charge in [-0.05, 0) is 37.1 Å². The summed E-state index contributed by atoms with van der Waals surface area (Å²) in [6, 6.07) is 5.75. The number of hydrogen-bond acceptors (Lipinski definition) is 2. The maximum Gasteiger partial charge on any atom is 0.251 e. The van der Waals surface area contributed by atoms with Crippen LogP contribution in [0.5, 0.6) is 0 Å². The van der Waals surface area contributed by atoms with E-state index in [0.29, 0.717) is 12.1 Å². The van der Waals surface area contributed by atoms with Crippen LogP contribution in [0.15, 0.2) is 36.9 Å². The van der Waals surface area contributed by atoms with Crippen LogP contribution in [0.25, 0.3) is 0 Å². The number of carbonyl (C=O) groups is 1. The molecule has 2 rings (SSSR count). The Morgan fingerprint density at radius 1 is 1.33 bits per heavy atom. The number of hydrogen-bond donors (Lipinski definition) is 1. The van der Waals surface area contributed by atoms with E-state index < -0.39 is 0 Å². The molecule has 0 aliphatic rings. The van der Waals surface area contributed by atoms with Crippen molar-refractivity contribution in [3.8, 4) is 0 Å². The van der Waals surface area contributed by atoms with Crippen molar-refractivity contribution in [3.63, 3.8) is 0 Å². The van der Waals surface area contributed by atoms with Gasteiger partial charge in [-0.2, -0.15) is 0 Å². The van der Waals surface area contributed by atoms with E-state index in [4.69, 9.17) is 0 Å². The molecule has 0 bridgehead atoms. The van der Waals surface area contributed by atoms with Crippen LogP contribution in [0.4, 0.5) is 0 Å². The van der Waals surface area contributed by atoms with Crippen molar-refractivity contribution in [3.05, 3.63) is 53.6 Å². The van der Waals surface area contributed by atoms with E-state index >= 15 is 0 Å². The van der Waals surface area contributed by atoms with E-state index in [-0.39, 0.29) is 5.91 Å². The zero-order chi connectivity index (χ0) is 13.0. The molecule has 4 nitrogen and oxygen atoms in total. The molecule has 1 heterocycles. The second-order valence-corrected chi connectivity index (χ2v) is 4.36. The molecular formula is C14H17N3O. The average Bonchev–Trinajstić information content (AvgIpc) is 2.85. The zero-order valence-electron chi connectivity index (χ0n) is 10.7. The normalized spacial score (nSPS) is 10.3. The molecule has 0 unspecified atom stereocenters. The SMILES string of the molecule is Cc1ccc(C(=O)NCCn2ccnc2)cc1C. The highest BCUT2D eigenvalue weighted by Crippen LogP contribution is 2.09. The third-order valence-corrected chi connectivity index (χ3v) is 2.98. The van der Waals surface area contributed by atoms with Crippen molar-refractivity contribution in [2.75, 3.05) is 6.54 Å². The van der Waals surface area contributed by atoms with Crippen LogP contribution in [0.2, 0.25) is 0 Å². The summed E-state index contributed by atoms with van der Waals surface area (Å²) in [6.07, 6.45) is 5.34. The second kappa shape index (κ2) is 5.49. The predicted octanol–water partition coefficient (Wildman–Crippen LogP) is 1.93.